The fraction of sp³-hybridized carbons (Fsp3) is 0.500. The zero-order valence-corrected chi connectivity index (χ0v) is 11.4. The van der Waals surface area contributed by atoms with E-state index in [0.29, 0.717) is 13.0 Å². The lowest BCUT2D eigenvalue weighted by Crippen LogP contribution is -2.36. The highest BCUT2D eigenvalue weighted by Crippen LogP contribution is 2.18. The number of hydrogen-bond donors (Lipinski definition) is 1. The van der Waals surface area contributed by atoms with Crippen molar-refractivity contribution in [3.8, 4) is 5.75 Å². The predicted molar refractivity (Wildman–Crippen MR) is 70.9 cm³/mol. The van der Waals surface area contributed by atoms with E-state index in [2.05, 4.69) is 16.1 Å². The maximum Gasteiger partial charge on any atom is 0.322 e. The predicted octanol–water partition coefficient (Wildman–Crippen LogP) is 1.83. The van der Waals surface area contributed by atoms with Gasteiger partial charge in [0, 0.05) is 6.42 Å². The van der Waals surface area contributed by atoms with Crippen LogP contribution in [0.5, 0.6) is 5.75 Å². The van der Waals surface area contributed by atoms with Gasteiger partial charge in [-0.15, -0.1) is 0 Å². The summed E-state index contributed by atoms with van der Waals surface area (Å²) in [5, 5.41) is 2.91. The lowest BCUT2D eigenvalue weighted by atomic mass is 10.1. The van der Waals surface area contributed by atoms with Gasteiger partial charge in [0.25, 0.3) is 0 Å². The van der Waals surface area contributed by atoms with Gasteiger partial charge >= 0.3 is 5.97 Å². The van der Waals surface area contributed by atoms with E-state index in [1.165, 1.54) is 12.7 Å². The Kier molecular flexibility index (Phi) is 5.65. The fourth-order valence-electron chi connectivity index (χ4n) is 1.77. The first kappa shape index (κ1) is 14.5. The molecule has 0 aliphatic rings. The summed E-state index contributed by atoms with van der Waals surface area (Å²) in [6, 6.07) is 5.72. The summed E-state index contributed by atoms with van der Waals surface area (Å²) in [5.41, 5.74) is 2.32. The smallest absolute Gasteiger partial charge is 0.322 e. The van der Waals surface area contributed by atoms with Crippen molar-refractivity contribution >= 4 is 5.97 Å². The fourth-order valence-corrected chi connectivity index (χ4v) is 1.77. The molecule has 1 rings (SSSR count). The molecule has 0 fully saturated rings. The van der Waals surface area contributed by atoms with Gasteiger partial charge in [-0.3, -0.25) is 4.79 Å². The number of benzene rings is 1. The van der Waals surface area contributed by atoms with Crippen LogP contribution in [-0.4, -0.2) is 32.8 Å². The van der Waals surface area contributed by atoms with Crippen LogP contribution in [0.3, 0.4) is 0 Å². The number of esters is 1. The van der Waals surface area contributed by atoms with Crippen LogP contribution in [0.2, 0.25) is 0 Å². The standard InChI is InChI=1S/C14H21NO3/c1-10-5-6-13(11(2)9-10)18-8-7-12(15-3)14(16)17-4/h5-6,9,12,15H,7-8H2,1-4H3. The molecule has 1 aromatic rings. The summed E-state index contributed by atoms with van der Waals surface area (Å²) in [4.78, 5) is 11.4. The van der Waals surface area contributed by atoms with Crippen molar-refractivity contribution in [2.75, 3.05) is 20.8 Å². The number of likely N-dealkylation sites (N-methyl/N-ethyl adjacent to an activating group) is 1. The largest absolute Gasteiger partial charge is 0.493 e. The van der Waals surface area contributed by atoms with Crippen LogP contribution in [0.1, 0.15) is 17.5 Å². The van der Waals surface area contributed by atoms with Gasteiger partial charge in [0.2, 0.25) is 0 Å². The van der Waals surface area contributed by atoms with Crippen molar-refractivity contribution in [3.63, 3.8) is 0 Å². The van der Waals surface area contributed by atoms with Crippen LogP contribution in [0.25, 0.3) is 0 Å². The van der Waals surface area contributed by atoms with Crippen molar-refractivity contribution < 1.29 is 14.3 Å². The molecule has 1 aromatic carbocycles. The van der Waals surface area contributed by atoms with E-state index in [9.17, 15) is 4.79 Å². The quantitative estimate of drug-likeness (QED) is 0.784. The molecule has 0 aliphatic heterocycles. The summed E-state index contributed by atoms with van der Waals surface area (Å²) in [7, 11) is 3.12. The molecular weight excluding hydrogens is 230 g/mol. The molecule has 0 bridgehead atoms. The molecular formula is C14H21NO3. The maximum absolute atomic E-state index is 11.4. The van der Waals surface area contributed by atoms with E-state index in [4.69, 9.17) is 4.74 Å². The van der Waals surface area contributed by atoms with Crippen molar-refractivity contribution in [1.82, 2.24) is 5.32 Å². The highest BCUT2D eigenvalue weighted by molar-refractivity contribution is 5.75. The van der Waals surface area contributed by atoms with Crippen molar-refractivity contribution in [3.05, 3.63) is 29.3 Å². The zero-order valence-electron chi connectivity index (χ0n) is 11.4. The number of hydrogen-bond acceptors (Lipinski definition) is 4. The summed E-state index contributed by atoms with van der Waals surface area (Å²) in [6.07, 6.45) is 0.580. The number of aryl methyl sites for hydroxylation is 2. The molecule has 0 aromatic heterocycles. The average Bonchev–Trinajstić information content (AvgIpc) is 2.36. The second kappa shape index (κ2) is 7.01. The van der Waals surface area contributed by atoms with Crippen LogP contribution in [0, 0.1) is 13.8 Å². The van der Waals surface area contributed by atoms with Gasteiger partial charge in [-0.1, -0.05) is 17.7 Å². The summed E-state index contributed by atoms with van der Waals surface area (Å²) >= 11 is 0. The van der Waals surface area contributed by atoms with Crippen LogP contribution >= 0.6 is 0 Å². The van der Waals surface area contributed by atoms with E-state index in [1.54, 1.807) is 7.05 Å². The Bertz CT molecular complexity index is 404. The molecule has 1 unspecified atom stereocenters. The molecule has 0 aliphatic carbocycles. The van der Waals surface area contributed by atoms with Crippen LogP contribution in [0.4, 0.5) is 0 Å². The van der Waals surface area contributed by atoms with Crippen LogP contribution < -0.4 is 10.1 Å². The molecule has 0 spiro atoms. The summed E-state index contributed by atoms with van der Waals surface area (Å²) in [5.74, 6) is 0.599. The molecule has 0 saturated carbocycles. The van der Waals surface area contributed by atoms with E-state index in [0.717, 1.165) is 11.3 Å². The first-order valence-electron chi connectivity index (χ1n) is 6.03. The molecule has 1 N–H and O–H groups in total. The Morgan fingerprint density at radius 3 is 2.67 bits per heavy atom. The van der Waals surface area contributed by atoms with Gasteiger partial charge in [-0.05, 0) is 32.5 Å². The molecule has 18 heavy (non-hydrogen) atoms. The molecule has 0 saturated heterocycles. The number of ether oxygens (including phenoxy) is 2. The number of carbonyl (C=O) groups is 1. The Hall–Kier alpha value is -1.55. The highest BCUT2D eigenvalue weighted by atomic mass is 16.5. The SMILES string of the molecule is CNC(CCOc1ccc(C)cc1C)C(=O)OC. The second-order valence-corrected chi connectivity index (χ2v) is 4.27. The third-order valence-corrected chi connectivity index (χ3v) is 2.83. The Labute approximate surface area is 108 Å². The van der Waals surface area contributed by atoms with Gasteiger partial charge in [-0.2, -0.15) is 0 Å². The number of carbonyl (C=O) groups excluding carboxylic acids is 1. The summed E-state index contributed by atoms with van der Waals surface area (Å²) in [6.45, 7) is 4.54. The third kappa shape index (κ3) is 4.04. The van der Waals surface area contributed by atoms with Crippen LogP contribution in [-0.2, 0) is 9.53 Å². The highest BCUT2D eigenvalue weighted by Gasteiger charge is 2.16. The first-order chi connectivity index (χ1) is 8.58. The molecule has 100 valence electrons. The first-order valence-corrected chi connectivity index (χ1v) is 6.03. The molecule has 0 heterocycles. The van der Waals surface area contributed by atoms with Crippen LogP contribution in [0.15, 0.2) is 18.2 Å². The number of rotatable bonds is 6. The minimum Gasteiger partial charge on any atom is -0.493 e. The molecule has 0 amide bonds. The van der Waals surface area contributed by atoms with E-state index in [-0.39, 0.29) is 12.0 Å². The van der Waals surface area contributed by atoms with E-state index < -0.39 is 0 Å². The molecule has 1 atom stereocenters. The van der Waals surface area contributed by atoms with Gasteiger partial charge in [0.05, 0.1) is 13.7 Å². The monoisotopic (exact) mass is 251 g/mol. The summed E-state index contributed by atoms with van der Waals surface area (Å²) < 4.78 is 10.4. The Morgan fingerprint density at radius 1 is 1.39 bits per heavy atom. The minimum atomic E-state index is -0.319. The van der Waals surface area contributed by atoms with Gasteiger partial charge < -0.3 is 14.8 Å². The Morgan fingerprint density at radius 2 is 2.11 bits per heavy atom. The normalized spacial score (nSPS) is 12.0. The third-order valence-electron chi connectivity index (χ3n) is 2.83. The maximum atomic E-state index is 11.4. The lowest BCUT2D eigenvalue weighted by molar-refractivity contribution is -0.143. The second-order valence-electron chi connectivity index (χ2n) is 4.27. The topological polar surface area (TPSA) is 47.6 Å². The molecule has 0 radical (unpaired) electrons. The van der Waals surface area contributed by atoms with Gasteiger partial charge in [0.1, 0.15) is 11.8 Å². The average molecular weight is 251 g/mol. The molecule has 4 heteroatoms. The van der Waals surface area contributed by atoms with E-state index >= 15 is 0 Å². The van der Waals surface area contributed by atoms with Gasteiger partial charge in [-0.25, -0.2) is 0 Å². The van der Waals surface area contributed by atoms with Gasteiger partial charge in [0.15, 0.2) is 0 Å². The Balaban J connectivity index is 2.48. The lowest BCUT2D eigenvalue weighted by Gasteiger charge is -2.15. The number of methoxy groups -OCH3 is 1. The van der Waals surface area contributed by atoms with Crippen molar-refractivity contribution in [1.29, 1.82) is 0 Å². The zero-order chi connectivity index (χ0) is 13.5. The van der Waals surface area contributed by atoms with Crippen molar-refractivity contribution in [2.24, 2.45) is 0 Å². The number of nitrogens with one attached hydrogen (secondary N) is 1. The van der Waals surface area contributed by atoms with Crippen molar-refractivity contribution in [2.45, 2.75) is 26.3 Å². The van der Waals surface area contributed by atoms with E-state index in [1.807, 2.05) is 26.0 Å². The minimum absolute atomic E-state index is 0.262. The molecule has 4 nitrogen and oxygen atoms in total.